The summed E-state index contributed by atoms with van der Waals surface area (Å²) in [4.78, 5) is 23.0. The zero-order valence-electron chi connectivity index (χ0n) is 10.5. The predicted molar refractivity (Wildman–Crippen MR) is 70.0 cm³/mol. The Bertz CT molecular complexity index is 446. The van der Waals surface area contributed by atoms with Crippen LogP contribution < -0.4 is 21.9 Å². The highest BCUT2D eigenvalue weighted by atomic mass is 16.2. The van der Waals surface area contributed by atoms with Crippen molar-refractivity contribution in [2.75, 3.05) is 18.5 Å². The lowest BCUT2D eigenvalue weighted by Gasteiger charge is -2.09. The summed E-state index contributed by atoms with van der Waals surface area (Å²) < 4.78 is 0. The molecule has 2 amide bonds. The zero-order chi connectivity index (χ0) is 13.5. The molecule has 0 atom stereocenters. The van der Waals surface area contributed by atoms with E-state index in [1.54, 1.807) is 18.2 Å². The van der Waals surface area contributed by atoms with Crippen LogP contribution in [0.15, 0.2) is 18.2 Å². The monoisotopic (exact) mass is 250 g/mol. The summed E-state index contributed by atoms with van der Waals surface area (Å²) in [7, 11) is 0. The van der Waals surface area contributed by atoms with Crippen LogP contribution in [0.5, 0.6) is 0 Å². The van der Waals surface area contributed by atoms with Gasteiger partial charge in [0.15, 0.2) is 0 Å². The van der Waals surface area contributed by atoms with Gasteiger partial charge < -0.3 is 16.1 Å². The number of amides is 2. The third-order valence-electron chi connectivity index (χ3n) is 2.42. The van der Waals surface area contributed by atoms with Crippen molar-refractivity contribution in [1.82, 2.24) is 10.6 Å². The van der Waals surface area contributed by atoms with E-state index in [0.717, 1.165) is 11.3 Å². The highest BCUT2D eigenvalue weighted by Crippen LogP contribution is 2.13. The van der Waals surface area contributed by atoms with Crippen molar-refractivity contribution < 1.29 is 9.59 Å². The van der Waals surface area contributed by atoms with Crippen molar-refractivity contribution >= 4 is 17.5 Å². The van der Waals surface area contributed by atoms with Gasteiger partial charge in [-0.3, -0.25) is 15.4 Å². The summed E-state index contributed by atoms with van der Waals surface area (Å²) in [5.41, 5.74) is 4.55. The van der Waals surface area contributed by atoms with E-state index >= 15 is 0 Å². The van der Waals surface area contributed by atoms with Gasteiger partial charge in [-0.2, -0.15) is 0 Å². The van der Waals surface area contributed by atoms with E-state index in [9.17, 15) is 9.59 Å². The Morgan fingerprint density at radius 1 is 1.28 bits per heavy atom. The number of anilines is 1. The molecule has 0 bridgehead atoms. The Kier molecular flexibility index (Phi) is 5.13. The van der Waals surface area contributed by atoms with Crippen LogP contribution >= 0.6 is 0 Å². The van der Waals surface area contributed by atoms with Gasteiger partial charge in [0.25, 0.3) is 5.91 Å². The average molecular weight is 250 g/mol. The molecule has 0 saturated carbocycles. The number of nitrogen functional groups attached to an aromatic ring is 1. The first kappa shape index (κ1) is 14.0. The average Bonchev–Trinajstić information content (AvgIpc) is 2.36. The fourth-order valence-corrected chi connectivity index (χ4v) is 1.52. The molecular weight excluding hydrogens is 232 g/mol. The van der Waals surface area contributed by atoms with Gasteiger partial charge in [-0.05, 0) is 37.6 Å². The predicted octanol–water partition coefficient (Wildman–Crippen LogP) is 0.147. The molecule has 0 spiro atoms. The highest BCUT2D eigenvalue weighted by molar-refractivity contribution is 5.98. The molecule has 0 saturated heterocycles. The van der Waals surface area contributed by atoms with Crippen LogP contribution in [0.3, 0.4) is 0 Å². The minimum atomic E-state index is -0.276. The number of benzene rings is 1. The Morgan fingerprint density at radius 2 is 2.00 bits per heavy atom. The third-order valence-corrected chi connectivity index (χ3v) is 2.42. The van der Waals surface area contributed by atoms with Crippen LogP contribution in [0.2, 0.25) is 0 Å². The van der Waals surface area contributed by atoms with E-state index in [0.29, 0.717) is 12.1 Å². The summed E-state index contributed by atoms with van der Waals surface area (Å²) >= 11 is 0. The molecule has 0 aliphatic heterocycles. The van der Waals surface area contributed by atoms with Gasteiger partial charge >= 0.3 is 0 Å². The molecule has 98 valence electrons. The van der Waals surface area contributed by atoms with Gasteiger partial charge in [-0.25, -0.2) is 0 Å². The van der Waals surface area contributed by atoms with E-state index < -0.39 is 0 Å². The largest absolute Gasteiger partial charge is 0.355 e. The molecule has 18 heavy (non-hydrogen) atoms. The number of likely N-dealkylation sites (N-methyl/N-ethyl adjacent to an activating group) is 1. The summed E-state index contributed by atoms with van der Waals surface area (Å²) in [5, 5.41) is 5.16. The smallest absolute Gasteiger partial charge is 0.251 e. The molecule has 0 fully saturated rings. The number of nitrogens with one attached hydrogen (secondary N) is 3. The molecule has 5 N–H and O–H groups in total. The number of aryl methyl sites for hydroxylation is 1. The standard InChI is InChI=1S/C12H18N4O2/c1-3-14-11(17)7-15-12(18)10-5-4-9(16-13)6-8(10)2/h4-6,16H,3,7,13H2,1-2H3,(H,14,17)(H,15,18). The fraction of sp³-hybridized carbons (Fsp3) is 0.333. The van der Waals surface area contributed by atoms with E-state index in [-0.39, 0.29) is 18.4 Å². The fourth-order valence-electron chi connectivity index (χ4n) is 1.52. The number of hydrogen-bond donors (Lipinski definition) is 4. The molecule has 1 aromatic rings. The van der Waals surface area contributed by atoms with Crippen molar-refractivity contribution in [3.8, 4) is 0 Å². The molecule has 0 aromatic heterocycles. The van der Waals surface area contributed by atoms with E-state index in [1.807, 2.05) is 13.8 Å². The third kappa shape index (κ3) is 3.74. The number of hydrogen-bond acceptors (Lipinski definition) is 4. The van der Waals surface area contributed by atoms with Crippen molar-refractivity contribution in [3.05, 3.63) is 29.3 Å². The minimum absolute atomic E-state index is 0.0248. The lowest BCUT2D eigenvalue weighted by atomic mass is 10.1. The van der Waals surface area contributed by atoms with Crippen molar-refractivity contribution in [2.45, 2.75) is 13.8 Å². The maximum Gasteiger partial charge on any atom is 0.251 e. The zero-order valence-corrected chi connectivity index (χ0v) is 10.5. The van der Waals surface area contributed by atoms with E-state index in [2.05, 4.69) is 16.1 Å². The maximum atomic E-state index is 11.8. The molecule has 0 unspecified atom stereocenters. The minimum Gasteiger partial charge on any atom is -0.355 e. The summed E-state index contributed by atoms with van der Waals surface area (Å²) in [6.07, 6.45) is 0. The van der Waals surface area contributed by atoms with Gasteiger partial charge in [0, 0.05) is 17.8 Å². The molecule has 0 heterocycles. The summed E-state index contributed by atoms with van der Waals surface area (Å²) in [5.74, 6) is 4.79. The first-order valence-electron chi connectivity index (χ1n) is 5.70. The molecule has 1 rings (SSSR count). The number of carbonyl (C=O) groups is 2. The second kappa shape index (κ2) is 6.61. The van der Waals surface area contributed by atoms with Crippen LogP contribution in [-0.2, 0) is 4.79 Å². The SMILES string of the molecule is CCNC(=O)CNC(=O)c1ccc(NN)cc1C. The maximum absolute atomic E-state index is 11.8. The Morgan fingerprint density at radius 3 is 2.56 bits per heavy atom. The topological polar surface area (TPSA) is 96.2 Å². The molecule has 0 aliphatic carbocycles. The molecular formula is C12H18N4O2. The number of nitrogens with two attached hydrogens (primary N) is 1. The van der Waals surface area contributed by atoms with Crippen LogP contribution in [0, 0.1) is 6.92 Å². The second-order valence-electron chi connectivity index (χ2n) is 3.81. The summed E-state index contributed by atoms with van der Waals surface area (Å²) in [6.45, 7) is 4.15. The first-order chi connectivity index (χ1) is 8.58. The van der Waals surface area contributed by atoms with Crippen molar-refractivity contribution in [2.24, 2.45) is 5.84 Å². The van der Waals surface area contributed by atoms with Gasteiger partial charge in [-0.1, -0.05) is 0 Å². The lowest BCUT2D eigenvalue weighted by molar-refractivity contribution is -0.120. The Balaban J connectivity index is 2.64. The molecule has 6 nitrogen and oxygen atoms in total. The number of hydrazine groups is 1. The van der Waals surface area contributed by atoms with Crippen molar-refractivity contribution in [3.63, 3.8) is 0 Å². The lowest BCUT2D eigenvalue weighted by Crippen LogP contribution is -2.37. The van der Waals surface area contributed by atoms with Crippen LogP contribution in [0.4, 0.5) is 5.69 Å². The van der Waals surface area contributed by atoms with Crippen LogP contribution in [0.25, 0.3) is 0 Å². The van der Waals surface area contributed by atoms with E-state index in [1.165, 1.54) is 0 Å². The number of rotatable bonds is 5. The van der Waals surface area contributed by atoms with Crippen molar-refractivity contribution in [1.29, 1.82) is 0 Å². The summed E-state index contributed by atoms with van der Waals surface area (Å²) in [6, 6.07) is 5.13. The second-order valence-corrected chi connectivity index (χ2v) is 3.81. The van der Waals surface area contributed by atoms with Crippen LogP contribution in [-0.4, -0.2) is 24.9 Å². The van der Waals surface area contributed by atoms with E-state index in [4.69, 9.17) is 5.84 Å². The Hall–Kier alpha value is -2.08. The molecule has 1 aromatic carbocycles. The first-order valence-corrected chi connectivity index (χ1v) is 5.70. The van der Waals surface area contributed by atoms with Gasteiger partial charge in [0.2, 0.25) is 5.91 Å². The van der Waals surface area contributed by atoms with Gasteiger partial charge in [0.05, 0.1) is 6.54 Å². The molecule has 6 heteroatoms. The quantitative estimate of drug-likeness (QED) is 0.441. The Labute approximate surface area is 106 Å². The van der Waals surface area contributed by atoms with Gasteiger partial charge in [0.1, 0.15) is 0 Å². The van der Waals surface area contributed by atoms with Crippen LogP contribution in [0.1, 0.15) is 22.8 Å². The van der Waals surface area contributed by atoms with Gasteiger partial charge in [-0.15, -0.1) is 0 Å². The molecule has 0 aliphatic rings. The highest BCUT2D eigenvalue weighted by Gasteiger charge is 2.10. The molecule has 0 radical (unpaired) electrons. The number of carbonyl (C=O) groups excluding carboxylic acids is 2. The normalized spacial score (nSPS) is 9.72.